The summed E-state index contributed by atoms with van der Waals surface area (Å²) in [5.41, 5.74) is 1.97. The van der Waals surface area contributed by atoms with E-state index >= 15 is 0 Å². The summed E-state index contributed by atoms with van der Waals surface area (Å²) in [7, 11) is 0. The van der Waals surface area contributed by atoms with Gasteiger partial charge in [0.15, 0.2) is 10.7 Å². The van der Waals surface area contributed by atoms with Crippen LogP contribution in [0.4, 0.5) is 33.4 Å². The van der Waals surface area contributed by atoms with E-state index in [0.29, 0.717) is 23.7 Å². The molecule has 0 atom stereocenters. The predicted molar refractivity (Wildman–Crippen MR) is 125 cm³/mol. The molecule has 0 unspecified atom stereocenters. The molecule has 3 rings (SSSR count). The monoisotopic (exact) mass is 458 g/mol. The Bertz CT molecular complexity index is 1270. The number of nitro groups is 1. The van der Waals surface area contributed by atoms with E-state index in [1.807, 2.05) is 37.3 Å². The van der Waals surface area contributed by atoms with Gasteiger partial charge in [-0.15, -0.1) is 31.8 Å². The molecule has 0 N–H and O–H groups in total. The first-order valence-corrected chi connectivity index (χ1v) is 10.8. The number of hydrogen-bond donors (Lipinski definition) is 0. The summed E-state index contributed by atoms with van der Waals surface area (Å²) >= 11 is 1.18. The van der Waals surface area contributed by atoms with Crippen LogP contribution in [0, 0.1) is 32.8 Å². The summed E-state index contributed by atoms with van der Waals surface area (Å²) in [6, 6.07) is 17.6. The Morgan fingerprint density at radius 2 is 1.76 bits per heavy atom. The van der Waals surface area contributed by atoms with Gasteiger partial charge in [0.1, 0.15) is 17.3 Å². The lowest BCUT2D eigenvalue weighted by molar-refractivity contribution is -0.384. The number of nitrogens with zero attached hydrogens (tertiary/aromatic N) is 8. The molecule has 164 valence electrons. The molecule has 0 aliphatic rings. The Kier molecular flexibility index (Phi) is 7.89. The van der Waals surface area contributed by atoms with Crippen molar-refractivity contribution >= 4 is 44.8 Å². The van der Waals surface area contributed by atoms with E-state index in [-0.39, 0.29) is 22.6 Å². The second kappa shape index (κ2) is 11.2. The van der Waals surface area contributed by atoms with E-state index < -0.39 is 4.92 Å². The Hall–Kier alpha value is -4.48. The lowest BCUT2D eigenvalue weighted by atomic mass is 10.2. The topological polar surface area (TPSA) is 143 Å². The lowest BCUT2D eigenvalue weighted by Gasteiger charge is -2.21. The molecule has 0 aliphatic heterocycles. The number of nitriles is 2. The summed E-state index contributed by atoms with van der Waals surface area (Å²) in [4.78, 5) is 12.7. The number of thiophene rings is 1. The molecular formula is C22H18N8O2S. The van der Waals surface area contributed by atoms with Crippen LogP contribution in [0.2, 0.25) is 0 Å². The van der Waals surface area contributed by atoms with Gasteiger partial charge < -0.3 is 4.90 Å². The van der Waals surface area contributed by atoms with Gasteiger partial charge in [0.05, 0.1) is 23.1 Å². The molecule has 33 heavy (non-hydrogen) atoms. The molecule has 0 bridgehead atoms. The Labute approximate surface area is 193 Å². The normalized spacial score (nSPS) is 10.9. The zero-order chi connectivity index (χ0) is 23.6. The molecule has 11 heteroatoms. The highest BCUT2D eigenvalue weighted by Crippen LogP contribution is 2.38. The van der Waals surface area contributed by atoms with Gasteiger partial charge >= 0.3 is 0 Å². The number of azo groups is 2. The minimum Gasteiger partial charge on any atom is -0.371 e. The number of benzene rings is 2. The fraction of sp³-hybridized carbons (Fsp3) is 0.182. The highest BCUT2D eigenvalue weighted by Gasteiger charge is 2.14. The molecule has 2 aromatic carbocycles. The van der Waals surface area contributed by atoms with Crippen LogP contribution in [0.5, 0.6) is 0 Å². The van der Waals surface area contributed by atoms with Crippen LogP contribution >= 0.6 is 11.3 Å². The number of rotatable bonds is 9. The van der Waals surface area contributed by atoms with Gasteiger partial charge in [0, 0.05) is 30.2 Å². The first-order valence-electron chi connectivity index (χ1n) is 9.87. The van der Waals surface area contributed by atoms with Crippen molar-refractivity contribution in [2.24, 2.45) is 20.5 Å². The van der Waals surface area contributed by atoms with E-state index in [2.05, 4.69) is 31.4 Å². The van der Waals surface area contributed by atoms with Crippen LogP contribution < -0.4 is 4.90 Å². The number of para-hydroxylation sites is 1. The second-order valence-electron chi connectivity index (χ2n) is 6.56. The van der Waals surface area contributed by atoms with Crippen LogP contribution in [0.1, 0.15) is 18.9 Å². The second-order valence-corrected chi connectivity index (χ2v) is 7.42. The minimum atomic E-state index is -0.540. The molecular weight excluding hydrogens is 440 g/mol. The van der Waals surface area contributed by atoms with E-state index in [1.165, 1.54) is 23.5 Å². The molecule has 0 amide bonds. The van der Waals surface area contributed by atoms with Gasteiger partial charge in [-0.05, 0) is 37.3 Å². The molecule has 0 radical (unpaired) electrons. The fourth-order valence-corrected chi connectivity index (χ4v) is 3.63. The third-order valence-electron chi connectivity index (χ3n) is 4.55. The average Bonchev–Trinajstić information content (AvgIpc) is 3.24. The summed E-state index contributed by atoms with van der Waals surface area (Å²) in [6.07, 6.45) is 0.446. The number of hydrogen-bond acceptors (Lipinski definition) is 10. The molecule has 10 nitrogen and oxygen atoms in total. The van der Waals surface area contributed by atoms with Crippen molar-refractivity contribution in [3.63, 3.8) is 0 Å². The van der Waals surface area contributed by atoms with Crippen molar-refractivity contribution in [3.8, 4) is 12.1 Å². The van der Waals surface area contributed by atoms with Crippen molar-refractivity contribution < 1.29 is 4.92 Å². The first-order chi connectivity index (χ1) is 16.1. The summed E-state index contributed by atoms with van der Waals surface area (Å²) in [5.74, 6) is 0. The van der Waals surface area contributed by atoms with Crippen LogP contribution in [0.3, 0.4) is 0 Å². The Balaban J connectivity index is 1.78. The van der Waals surface area contributed by atoms with Gasteiger partial charge in [-0.2, -0.15) is 10.5 Å². The standard InChI is InChI=1S/C22H18N8O2S/c1-2-29(13-5-12-23)17-10-8-16(9-11-17)25-28-22-18(14-24)20(15-33-22)27-26-19-6-3-4-7-21(19)30(31)32/h3-4,6-11,15H,2,5,13H2,1H3. The summed E-state index contributed by atoms with van der Waals surface area (Å²) < 4.78 is 0. The van der Waals surface area contributed by atoms with Crippen molar-refractivity contribution in [1.29, 1.82) is 10.5 Å². The quantitative estimate of drug-likeness (QED) is 0.191. The highest BCUT2D eigenvalue weighted by molar-refractivity contribution is 7.14. The van der Waals surface area contributed by atoms with Crippen molar-refractivity contribution in [2.45, 2.75) is 13.3 Å². The zero-order valence-electron chi connectivity index (χ0n) is 17.6. The third-order valence-corrected chi connectivity index (χ3v) is 5.40. The van der Waals surface area contributed by atoms with Gasteiger partial charge in [-0.3, -0.25) is 10.1 Å². The van der Waals surface area contributed by atoms with Gasteiger partial charge in [-0.25, -0.2) is 0 Å². The maximum absolute atomic E-state index is 11.1. The maximum Gasteiger partial charge on any atom is 0.296 e. The maximum atomic E-state index is 11.1. The van der Waals surface area contributed by atoms with E-state index in [9.17, 15) is 15.4 Å². The van der Waals surface area contributed by atoms with E-state index in [4.69, 9.17) is 5.26 Å². The van der Waals surface area contributed by atoms with Crippen LogP contribution in [-0.4, -0.2) is 18.0 Å². The predicted octanol–water partition coefficient (Wildman–Crippen LogP) is 7.10. The third kappa shape index (κ3) is 5.81. The zero-order valence-corrected chi connectivity index (χ0v) is 18.4. The van der Waals surface area contributed by atoms with Gasteiger partial charge in [0.25, 0.3) is 5.69 Å². The highest BCUT2D eigenvalue weighted by atomic mass is 32.1. The summed E-state index contributed by atoms with van der Waals surface area (Å²) in [5, 5.41) is 47.7. The molecule has 0 spiro atoms. The molecule has 0 fully saturated rings. The SMILES string of the molecule is CCN(CCC#N)c1ccc(N=Nc2scc(N=Nc3ccccc3[N+](=O)[O-])c2C#N)cc1. The first kappa shape index (κ1) is 23.2. The largest absolute Gasteiger partial charge is 0.371 e. The molecule has 0 saturated heterocycles. The molecule has 1 aromatic heterocycles. The average molecular weight is 459 g/mol. The van der Waals surface area contributed by atoms with Crippen molar-refractivity contribution in [2.75, 3.05) is 18.0 Å². The molecule has 0 saturated carbocycles. The van der Waals surface area contributed by atoms with Crippen molar-refractivity contribution in [3.05, 3.63) is 69.6 Å². The van der Waals surface area contributed by atoms with Crippen molar-refractivity contribution in [1.82, 2.24) is 0 Å². The summed E-state index contributed by atoms with van der Waals surface area (Å²) in [6.45, 7) is 3.46. The minimum absolute atomic E-state index is 0.0942. The lowest BCUT2D eigenvalue weighted by Crippen LogP contribution is -2.23. The van der Waals surface area contributed by atoms with Gasteiger partial charge in [0.2, 0.25) is 0 Å². The van der Waals surface area contributed by atoms with E-state index in [1.54, 1.807) is 17.5 Å². The molecule has 0 aliphatic carbocycles. The Morgan fingerprint density at radius 3 is 2.42 bits per heavy atom. The van der Waals surface area contributed by atoms with Crippen LogP contribution in [-0.2, 0) is 0 Å². The number of anilines is 1. The van der Waals surface area contributed by atoms with Gasteiger partial charge in [-0.1, -0.05) is 12.1 Å². The van der Waals surface area contributed by atoms with E-state index in [0.717, 1.165) is 12.2 Å². The fourth-order valence-electron chi connectivity index (χ4n) is 2.89. The Morgan fingerprint density at radius 1 is 1.03 bits per heavy atom. The smallest absolute Gasteiger partial charge is 0.296 e. The van der Waals surface area contributed by atoms with Crippen LogP contribution in [0.15, 0.2) is 74.4 Å². The number of nitro benzene ring substituents is 1. The molecule has 1 heterocycles. The van der Waals surface area contributed by atoms with Crippen LogP contribution in [0.25, 0.3) is 0 Å². The molecule has 3 aromatic rings.